The Hall–Kier alpha value is -2.88. The van der Waals surface area contributed by atoms with Crippen molar-refractivity contribution in [3.63, 3.8) is 0 Å². The number of carbonyl (C=O) groups excluding carboxylic acids is 1. The Bertz CT molecular complexity index is 778. The van der Waals surface area contributed by atoms with Crippen LogP contribution in [0.25, 0.3) is 0 Å². The highest BCUT2D eigenvalue weighted by molar-refractivity contribution is 5.53. The molecule has 2 aromatic carbocycles. The lowest BCUT2D eigenvalue weighted by Gasteiger charge is -2.12. The first-order chi connectivity index (χ1) is 11.8. The van der Waals surface area contributed by atoms with Gasteiger partial charge in [0, 0.05) is 6.42 Å². The summed E-state index contributed by atoms with van der Waals surface area (Å²) in [6, 6.07) is 17.7. The fourth-order valence-electron chi connectivity index (χ4n) is 2.55. The van der Waals surface area contributed by atoms with E-state index in [0.717, 1.165) is 28.9 Å². The van der Waals surface area contributed by atoms with Crippen molar-refractivity contribution >= 4 is 6.29 Å². The third-order valence-corrected chi connectivity index (χ3v) is 3.80. The average Bonchev–Trinajstić information content (AvgIpc) is 3.05. The maximum absolute atomic E-state index is 11.0. The van der Waals surface area contributed by atoms with Gasteiger partial charge in [-0.3, -0.25) is 0 Å². The Morgan fingerprint density at radius 2 is 1.88 bits per heavy atom. The minimum Gasteiger partial charge on any atom is -0.489 e. The monoisotopic (exact) mass is 321 g/mol. The van der Waals surface area contributed by atoms with Crippen LogP contribution in [0.4, 0.5) is 0 Å². The van der Waals surface area contributed by atoms with Gasteiger partial charge in [0.2, 0.25) is 5.89 Å². The van der Waals surface area contributed by atoms with Gasteiger partial charge in [0.05, 0.1) is 12.1 Å². The van der Waals surface area contributed by atoms with Crippen molar-refractivity contribution < 1.29 is 13.9 Å². The van der Waals surface area contributed by atoms with Crippen LogP contribution < -0.4 is 4.74 Å². The second-order valence-corrected chi connectivity index (χ2v) is 5.61. The highest BCUT2D eigenvalue weighted by Gasteiger charge is 2.19. The van der Waals surface area contributed by atoms with Crippen LogP contribution in [0, 0.1) is 6.92 Å². The number of hydrogen-bond donors (Lipinski definition) is 0. The molecular formula is C20H19NO3. The molecule has 24 heavy (non-hydrogen) atoms. The second-order valence-electron chi connectivity index (χ2n) is 5.61. The number of benzene rings is 2. The van der Waals surface area contributed by atoms with Crippen LogP contribution in [0.3, 0.4) is 0 Å². The first-order valence-electron chi connectivity index (χ1n) is 7.89. The molecule has 0 bridgehead atoms. The third kappa shape index (κ3) is 3.90. The summed E-state index contributed by atoms with van der Waals surface area (Å²) < 4.78 is 11.4. The zero-order valence-corrected chi connectivity index (χ0v) is 13.5. The molecule has 1 heterocycles. The Morgan fingerprint density at radius 3 is 2.50 bits per heavy atom. The number of aromatic nitrogens is 1. The molecule has 3 aromatic rings. The van der Waals surface area contributed by atoms with Crippen LogP contribution in [0.5, 0.6) is 5.75 Å². The summed E-state index contributed by atoms with van der Waals surface area (Å²) in [6.45, 7) is 2.37. The summed E-state index contributed by atoms with van der Waals surface area (Å²) in [6.07, 6.45) is 2.90. The Labute approximate surface area is 141 Å². The van der Waals surface area contributed by atoms with Crippen molar-refractivity contribution in [1.29, 1.82) is 0 Å². The highest BCUT2D eigenvalue weighted by Crippen LogP contribution is 2.28. The number of aryl methyl sites for hydroxylation is 1. The number of ether oxygens (including phenoxy) is 1. The number of nitrogens with zero attached hydrogens (tertiary/aromatic N) is 1. The first kappa shape index (κ1) is 16.0. The van der Waals surface area contributed by atoms with Crippen molar-refractivity contribution in [2.75, 3.05) is 0 Å². The van der Waals surface area contributed by atoms with E-state index in [0.29, 0.717) is 18.9 Å². The number of oxazole rings is 1. The quantitative estimate of drug-likeness (QED) is 0.609. The molecule has 4 nitrogen and oxygen atoms in total. The average molecular weight is 321 g/mol. The fourth-order valence-corrected chi connectivity index (χ4v) is 2.55. The summed E-state index contributed by atoms with van der Waals surface area (Å²) in [7, 11) is 0. The van der Waals surface area contributed by atoms with Gasteiger partial charge < -0.3 is 13.9 Å². The van der Waals surface area contributed by atoms with Gasteiger partial charge in [-0.25, -0.2) is 4.98 Å². The van der Waals surface area contributed by atoms with E-state index in [1.165, 1.54) is 0 Å². The number of hydrogen-bond acceptors (Lipinski definition) is 4. The van der Waals surface area contributed by atoms with Crippen molar-refractivity contribution in [3.8, 4) is 5.75 Å². The largest absolute Gasteiger partial charge is 0.489 e. The fraction of sp³-hybridized carbons (Fsp3) is 0.200. The minimum absolute atomic E-state index is 0.167. The third-order valence-electron chi connectivity index (χ3n) is 3.80. The minimum atomic E-state index is -0.167. The van der Waals surface area contributed by atoms with E-state index in [2.05, 4.69) is 4.98 Å². The second kappa shape index (κ2) is 7.59. The highest BCUT2D eigenvalue weighted by atomic mass is 16.5. The number of aldehydes is 1. The molecule has 122 valence electrons. The Morgan fingerprint density at radius 1 is 1.12 bits per heavy atom. The van der Waals surface area contributed by atoms with Crippen molar-refractivity contribution in [2.45, 2.75) is 25.9 Å². The molecule has 0 spiro atoms. The van der Waals surface area contributed by atoms with Crippen LogP contribution in [-0.2, 0) is 11.4 Å². The van der Waals surface area contributed by atoms with Crippen LogP contribution in [0.15, 0.2) is 65.2 Å². The Kier molecular flexibility index (Phi) is 5.06. The lowest BCUT2D eigenvalue weighted by atomic mass is 9.96. The molecule has 4 heteroatoms. The van der Waals surface area contributed by atoms with E-state index in [1.807, 2.05) is 61.5 Å². The van der Waals surface area contributed by atoms with Gasteiger partial charge in [-0.1, -0.05) is 42.5 Å². The van der Waals surface area contributed by atoms with Crippen molar-refractivity contribution in [3.05, 3.63) is 83.6 Å². The normalized spacial score (nSPS) is 11.9. The molecule has 0 amide bonds. The summed E-state index contributed by atoms with van der Waals surface area (Å²) in [4.78, 5) is 15.3. The molecule has 0 aliphatic carbocycles. The molecule has 0 saturated heterocycles. The summed E-state index contributed by atoms with van der Waals surface area (Å²) in [5.41, 5.74) is 2.10. The lowest BCUT2D eigenvalue weighted by molar-refractivity contribution is -0.108. The van der Waals surface area contributed by atoms with Gasteiger partial charge >= 0.3 is 0 Å². The molecule has 0 saturated carbocycles. The summed E-state index contributed by atoms with van der Waals surface area (Å²) in [5.74, 6) is 1.93. The summed E-state index contributed by atoms with van der Waals surface area (Å²) in [5, 5.41) is 0. The van der Waals surface area contributed by atoms with E-state index in [1.54, 1.807) is 6.20 Å². The van der Waals surface area contributed by atoms with E-state index in [4.69, 9.17) is 9.15 Å². The molecule has 0 N–H and O–H groups in total. The van der Waals surface area contributed by atoms with E-state index in [-0.39, 0.29) is 5.92 Å². The standard InChI is InChI=1S/C20H19NO3/c1-15-13-21-20(24-15)19(11-12-22)17-7-9-18(10-8-17)23-14-16-5-3-2-4-6-16/h2-10,12-13,19H,11,14H2,1H3. The Balaban J connectivity index is 1.71. The maximum Gasteiger partial charge on any atom is 0.202 e. The van der Waals surface area contributed by atoms with Gasteiger partial charge in [0.15, 0.2) is 0 Å². The maximum atomic E-state index is 11.0. The first-order valence-corrected chi connectivity index (χ1v) is 7.89. The molecule has 1 atom stereocenters. The molecular weight excluding hydrogens is 302 g/mol. The van der Waals surface area contributed by atoms with Crippen molar-refractivity contribution in [2.24, 2.45) is 0 Å². The molecule has 0 radical (unpaired) electrons. The smallest absolute Gasteiger partial charge is 0.202 e. The van der Waals surface area contributed by atoms with Gasteiger partial charge in [0.1, 0.15) is 24.4 Å². The zero-order valence-electron chi connectivity index (χ0n) is 13.5. The predicted molar refractivity (Wildman–Crippen MR) is 91.0 cm³/mol. The SMILES string of the molecule is Cc1cnc(C(CC=O)c2ccc(OCc3ccccc3)cc2)o1. The van der Waals surface area contributed by atoms with E-state index >= 15 is 0 Å². The van der Waals surface area contributed by atoms with Crippen LogP contribution in [0.2, 0.25) is 0 Å². The predicted octanol–water partition coefficient (Wildman–Crippen LogP) is 4.28. The molecule has 3 rings (SSSR count). The van der Waals surface area contributed by atoms with Gasteiger partial charge in [-0.15, -0.1) is 0 Å². The van der Waals surface area contributed by atoms with Crippen molar-refractivity contribution in [1.82, 2.24) is 4.98 Å². The molecule has 1 aromatic heterocycles. The topological polar surface area (TPSA) is 52.3 Å². The molecule has 0 aliphatic heterocycles. The lowest BCUT2D eigenvalue weighted by Crippen LogP contribution is -2.03. The van der Waals surface area contributed by atoms with Gasteiger partial charge in [-0.05, 0) is 30.2 Å². The van der Waals surface area contributed by atoms with Gasteiger partial charge in [-0.2, -0.15) is 0 Å². The summed E-state index contributed by atoms with van der Waals surface area (Å²) >= 11 is 0. The van der Waals surface area contributed by atoms with Crippen LogP contribution in [-0.4, -0.2) is 11.3 Å². The van der Waals surface area contributed by atoms with E-state index in [9.17, 15) is 4.79 Å². The molecule has 1 unspecified atom stereocenters. The van der Waals surface area contributed by atoms with Crippen LogP contribution >= 0.6 is 0 Å². The number of rotatable bonds is 7. The van der Waals surface area contributed by atoms with E-state index < -0.39 is 0 Å². The number of carbonyl (C=O) groups is 1. The molecule has 0 fully saturated rings. The molecule has 0 aliphatic rings. The van der Waals surface area contributed by atoms with Gasteiger partial charge in [0.25, 0.3) is 0 Å². The zero-order chi connectivity index (χ0) is 16.8. The van der Waals surface area contributed by atoms with Crippen LogP contribution in [0.1, 0.15) is 35.1 Å².